The summed E-state index contributed by atoms with van der Waals surface area (Å²) in [6.07, 6.45) is -6.36. The topological polar surface area (TPSA) is 41.4 Å². The molecule has 1 aromatic heterocycles. The van der Waals surface area contributed by atoms with Crippen molar-refractivity contribution in [1.82, 2.24) is 19.6 Å². The van der Waals surface area contributed by atoms with Crippen molar-refractivity contribution in [3.63, 3.8) is 0 Å². The number of aromatic nitrogens is 2. The summed E-state index contributed by atoms with van der Waals surface area (Å²) >= 11 is 5.64. The Morgan fingerprint density at radius 2 is 1.74 bits per heavy atom. The van der Waals surface area contributed by atoms with Crippen LogP contribution in [0.15, 0.2) is 18.2 Å². The van der Waals surface area contributed by atoms with Crippen LogP contribution in [0.4, 0.5) is 26.3 Å². The first-order valence-corrected chi connectivity index (χ1v) is 9.77. The van der Waals surface area contributed by atoms with E-state index in [0.717, 1.165) is 6.07 Å². The van der Waals surface area contributed by atoms with Crippen LogP contribution in [0.3, 0.4) is 0 Å². The molecule has 1 amide bonds. The molecule has 0 aliphatic carbocycles. The van der Waals surface area contributed by atoms with Gasteiger partial charge < -0.3 is 4.90 Å². The van der Waals surface area contributed by atoms with Crippen molar-refractivity contribution in [2.75, 3.05) is 26.2 Å². The Balaban J connectivity index is 1.68. The molecule has 2 heterocycles. The SMILES string of the molecule is CC(C(=O)N1CCN(Cc2cccc(F)c2F)CC1)n1nc(C(F)F)c(Cl)c1C(F)F. The van der Waals surface area contributed by atoms with Gasteiger partial charge in [-0.05, 0) is 13.0 Å². The molecule has 1 aliphatic rings. The molecular weight excluding hydrogens is 450 g/mol. The smallest absolute Gasteiger partial charge is 0.283 e. The number of nitrogens with zero attached hydrogens (tertiary/aromatic N) is 4. The van der Waals surface area contributed by atoms with E-state index >= 15 is 0 Å². The lowest BCUT2D eigenvalue weighted by Crippen LogP contribution is -2.50. The summed E-state index contributed by atoms with van der Waals surface area (Å²) in [5.41, 5.74) is -1.75. The van der Waals surface area contributed by atoms with Crippen LogP contribution in [0.2, 0.25) is 5.02 Å². The van der Waals surface area contributed by atoms with Crippen LogP contribution in [0.25, 0.3) is 0 Å². The quantitative estimate of drug-likeness (QED) is 0.582. The van der Waals surface area contributed by atoms with Gasteiger partial charge in [-0.25, -0.2) is 31.0 Å². The zero-order valence-electron chi connectivity index (χ0n) is 16.3. The van der Waals surface area contributed by atoms with E-state index in [1.807, 2.05) is 4.90 Å². The summed E-state index contributed by atoms with van der Waals surface area (Å²) in [6.45, 7) is 2.47. The summed E-state index contributed by atoms with van der Waals surface area (Å²) in [5.74, 6) is -2.46. The maximum atomic E-state index is 13.8. The van der Waals surface area contributed by atoms with Crippen molar-refractivity contribution >= 4 is 17.5 Å². The highest BCUT2D eigenvalue weighted by Gasteiger charge is 2.34. The van der Waals surface area contributed by atoms with Gasteiger partial charge in [0.1, 0.15) is 17.4 Å². The maximum absolute atomic E-state index is 13.8. The van der Waals surface area contributed by atoms with E-state index in [2.05, 4.69) is 5.10 Å². The second-order valence-electron chi connectivity index (χ2n) is 7.12. The molecular formula is C19H19ClF6N4O. The Labute approximate surface area is 179 Å². The highest BCUT2D eigenvalue weighted by atomic mass is 35.5. The van der Waals surface area contributed by atoms with E-state index in [-0.39, 0.29) is 25.2 Å². The number of halogens is 7. The van der Waals surface area contributed by atoms with E-state index in [1.165, 1.54) is 24.0 Å². The molecule has 2 aromatic rings. The maximum Gasteiger partial charge on any atom is 0.283 e. The summed E-state index contributed by atoms with van der Waals surface area (Å²) in [7, 11) is 0. The second kappa shape index (κ2) is 9.47. The van der Waals surface area contributed by atoms with Gasteiger partial charge in [0.15, 0.2) is 11.6 Å². The molecule has 3 rings (SSSR count). The van der Waals surface area contributed by atoms with E-state index < -0.39 is 52.8 Å². The van der Waals surface area contributed by atoms with Gasteiger partial charge in [-0.3, -0.25) is 9.69 Å². The van der Waals surface area contributed by atoms with Gasteiger partial charge in [-0.15, -0.1) is 0 Å². The van der Waals surface area contributed by atoms with Crippen LogP contribution in [0, 0.1) is 11.6 Å². The Morgan fingerprint density at radius 3 is 2.32 bits per heavy atom. The first kappa shape index (κ1) is 23.4. The van der Waals surface area contributed by atoms with Crippen molar-refractivity contribution in [2.45, 2.75) is 32.4 Å². The predicted molar refractivity (Wildman–Crippen MR) is 100 cm³/mol. The number of benzene rings is 1. The van der Waals surface area contributed by atoms with Crippen LogP contribution in [-0.2, 0) is 11.3 Å². The minimum atomic E-state index is -3.19. The summed E-state index contributed by atoms with van der Waals surface area (Å²) in [4.78, 5) is 16.0. The minimum Gasteiger partial charge on any atom is -0.338 e. The van der Waals surface area contributed by atoms with Crippen LogP contribution in [0.5, 0.6) is 0 Å². The summed E-state index contributed by atoms with van der Waals surface area (Å²) < 4.78 is 80.5. The van der Waals surface area contributed by atoms with Crippen molar-refractivity contribution in [1.29, 1.82) is 0 Å². The molecule has 1 unspecified atom stereocenters. The molecule has 170 valence electrons. The predicted octanol–water partition coefficient (Wildman–Crippen LogP) is 4.60. The number of alkyl halides is 4. The average molecular weight is 469 g/mol. The zero-order valence-corrected chi connectivity index (χ0v) is 17.1. The number of carbonyl (C=O) groups excluding carboxylic acids is 1. The number of piperazine rings is 1. The number of rotatable bonds is 6. The van der Waals surface area contributed by atoms with Crippen molar-refractivity contribution in [3.05, 3.63) is 51.8 Å². The van der Waals surface area contributed by atoms with E-state index in [4.69, 9.17) is 11.6 Å². The molecule has 0 radical (unpaired) electrons. The molecule has 1 aromatic carbocycles. The largest absolute Gasteiger partial charge is 0.338 e. The molecule has 1 aliphatic heterocycles. The first-order chi connectivity index (χ1) is 14.6. The third-order valence-electron chi connectivity index (χ3n) is 5.16. The molecule has 1 fully saturated rings. The monoisotopic (exact) mass is 468 g/mol. The number of carbonyl (C=O) groups is 1. The van der Waals surface area contributed by atoms with Gasteiger partial charge in [0, 0.05) is 38.3 Å². The molecule has 0 bridgehead atoms. The van der Waals surface area contributed by atoms with Gasteiger partial charge >= 0.3 is 0 Å². The van der Waals surface area contributed by atoms with Crippen LogP contribution >= 0.6 is 11.6 Å². The van der Waals surface area contributed by atoms with E-state index in [1.54, 1.807) is 0 Å². The Morgan fingerprint density at radius 1 is 1.10 bits per heavy atom. The van der Waals surface area contributed by atoms with Gasteiger partial charge in [-0.2, -0.15) is 5.10 Å². The fraction of sp³-hybridized carbons (Fsp3) is 0.474. The average Bonchev–Trinajstić information content (AvgIpc) is 3.08. The van der Waals surface area contributed by atoms with E-state index in [0.29, 0.717) is 17.8 Å². The van der Waals surface area contributed by atoms with Crippen LogP contribution in [0.1, 0.15) is 42.8 Å². The Kier molecular flexibility index (Phi) is 7.15. The molecule has 1 saturated heterocycles. The highest BCUT2D eigenvalue weighted by Crippen LogP contribution is 2.36. The van der Waals surface area contributed by atoms with Gasteiger partial charge in [0.05, 0.1) is 5.02 Å². The number of hydrogen-bond acceptors (Lipinski definition) is 3. The normalized spacial score (nSPS) is 16.4. The number of hydrogen-bond donors (Lipinski definition) is 0. The fourth-order valence-corrected chi connectivity index (χ4v) is 3.77. The molecule has 31 heavy (non-hydrogen) atoms. The third kappa shape index (κ3) is 4.82. The standard InChI is InChI=1S/C19H19ClF6N4O/c1-10(30-16(18(25)26)13(20)15(27-30)17(23)24)19(31)29-7-5-28(6-8-29)9-11-3-2-4-12(21)14(11)22/h2-4,10,17-18H,5-9H2,1H3. The molecule has 0 N–H and O–H groups in total. The van der Waals surface area contributed by atoms with Crippen molar-refractivity contribution in [2.24, 2.45) is 0 Å². The summed E-state index contributed by atoms with van der Waals surface area (Å²) in [6, 6.07) is 2.61. The fourth-order valence-electron chi connectivity index (χ4n) is 3.48. The molecule has 1 atom stereocenters. The zero-order chi connectivity index (χ0) is 22.9. The van der Waals surface area contributed by atoms with Crippen molar-refractivity contribution < 1.29 is 31.1 Å². The molecule has 5 nitrogen and oxygen atoms in total. The van der Waals surface area contributed by atoms with Crippen molar-refractivity contribution in [3.8, 4) is 0 Å². The van der Waals surface area contributed by atoms with E-state index in [9.17, 15) is 31.1 Å². The Hall–Kier alpha value is -2.27. The molecule has 0 saturated carbocycles. The van der Waals surface area contributed by atoms with Gasteiger partial charge in [0.25, 0.3) is 12.9 Å². The van der Waals surface area contributed by atoms with Gasteiger partial charge in [0.2, 0.25) is 5.91 Å². The summed E-state index contributed by atoms with van der Waals surface area (Å²) in [5, 5.41) is 2.60. The highest BCUT2D eigenvalue weighted by molar-refractivity contribution is 6.32. The van der Waals surface area contributed by atoms with Crippen LogP contribution < -0.4 is 0 Å². The van der Waals surface area contributed by atoms with Crippen LogP contribution in [-0.4, -0.2) is 51.7 Å². The first-order valence-electron chi connectivity index (χ1n) is 9.40. The Bertz CT molecular complexity index is 946. The number of amides is 1. The second-order valence-corrected chi connectivity index (χ2v) is 7.50. The molecule has 12 heteroatoms. The third-order valence-corrected chi connectivity index (χ3v) is 5.55. The minimum absolute atomic E-state index is 0.142. The molecule has 0 spiro atoms. The lowest BCUT2D eigenvalue weighted by Gasteiger charge is -2.36. The lowest BCUT2D eigenvalue weighted by atomic mass is 10.1. The lowest BCUT2D eigenvalue weighted by molar-refractivity contribution is -0.136. The van der Waals surface area contributed by atoms with Gasteiger partial charge in [-0.1, -0.05) is 23.7 Å².